The largest absolute Gasteiger partial charge is 0.290 e. The van der Waals surface area contributed by atoms with Crippen LogP contribution in [0.1, 0.15) is 48.0 Å². The number of anilines is 1. The zero-order valence-electron chi connectivity index (χ0n) is 19.6. The SMILES string of the molecule is CC(C)(C)c1ccc(C(=O)Nc2ncc3c(n2)CCN(S(=O)(=O)c2ccc([N+](=O)[O-])cc2)C3)cc1. The van der Waals surface area contributed by atoms with Crippen molar-refractivity contribution in [3.8, 4) is 0 Å². The molecule has 1 amide bonds. The number of nitro groups is 1. The van der Waals surface area contributed by atoms with Gasteiger partial charge in [0.25, 0.3) is 11.6 Å². The number of hydrogen-bond donors (Lipinski definition) is 1. The summed E-state index contributed by atoms with van der Waals surface area (Å²) in [7, 11) is -3.84. The van der Waals surface area contributed by atoms with Gasteiger partial charge in [0.1, 0.15) is 0 Å². The highest BCUT2D eigenvalue weighted by Gasteiger charge is 2.30. The molecule has 10 nitrogen and oxygen atoms in total. The molecule has 1 N–H and O–H groups in total. The number of amides is 1. The molecule has 1 aromatic heterocycles. The van der Waals surface area contributed by atoms with Gasteiger partial charge in [-0.15, -0.1) is 0 Å². The van der Waals surface area contributed by atoms with Gasteiger partial charge >= 0.3 is 0 Å². The third kappa shape index (κ3) is 5.20. The van der Waals surface area contributed by atoms with Crippen molar-refractivity contribution in [2.24, 2.45) is 0 Å². The lowest BCUT2D eigenvalue weighted by atomic mass is 9.87. The van der Waals surface area contributed by atoms with Crippen LogP contribution in [0.2, 0.25) is 0 Å². The molecule has 11 heteroatoms. The summed E-state index contributed by atoms with van der Waals surface area (Å²) in [6.07, 6.45) is 1.85. The first-order valence-electron chi connectivity index (χ1n) is 11.0. The predicted molar refractivity (Wildman–Crippen MR) is 130 cm³/mol. The molecule has 1 aliphatic rings. The van der Waals surface area contributed by atoms with E-state index in [4.69, 9.17) is 0 Å². The second-order valence-electron chi connectivity index (χ2n) is 9.29. The molecule has 4 rings (SSSR count). The second-order valence-corrected chi connectivity index (χ2v) is 11.2. The van der Waals surface area contributed by atoms with E-state index in [2.05, 4.69) is 36.1 Å². The van der Waals surface area contributed by atoms with Gasteiger partial charge in [0.2, 0.25) is 16.0 Å². The summed E-state index contributed by atoms with van der Waals surface area (Å²) >= 11 is 0. The Balaban J connectivity index is 1.46. The number of sulfonamides is 1. The maximum atomic E-state index is 13.0. The molecule has 35 heavy (non-hydrogen) atoms. The van der Waals surface area contributed by atoms with Crippen molar-refractivity contribution in [1.29, 1.82) is 0 Å². The van der Waals surface area contributed by atoms with Crippen molar-refractivity contribution < 1.29 is 18.1 Å². The maximum Gasteiger partial charge on any atom is 0.269 e. The molecule has 0 aliphatic carbocycles. The van der Waals surface area contributed by atoms with Crippen molar-refractivity contribution in [2.75, 3.05) is 11.9 Å². The van der Waals surface area contributed by atoms with E-state index in [1.54, 1.807) is 12.1 Å². The highest BCUT2D eigenvalue weighted by Crippen LogP contribution is 2.26. The van der Waals surface area contributed by atoms with Crippen LogP contribution in [0.4, 0.5) is 11.6 Å². The Morgan fingerprint density at radius 1 is 1.09 bits per heavy atom. The lowest BCUT2D eigenvalue weighted by Gasteiger charge is -2.27. The molecule has 3 aromatic rings. The molecule has 0 radical (unpaired) electrons. The van der Waals surface area contributed by atoms with Gasteiger partial charge < -0.3 is 0 Å². The molecule has 0 saturated carbocycles. The van der Waals surface area contributed by atoms with Crippen LogP contribution < -0.4 is 5.32 Å². The molecule has 0 atom stereocenters. The number of carbonyl (C=O) groups is 1. The minimum atomic E-state index is -3.84. The van der Waals surface area contributed by atoms with Crippen LogP contribution in [0.3, 0.4) is 0 Å². The number of nitrogens with one attached hydrogen (secondary N) is 1. The summed E-state index contributed by atoms with van der Waals surface area (Å²) in [4.78, 5) is 31.5. The number of benzene rings is 2. The normalized spacial score (nSPS) is 14.3. The fourth-order valence-corrected chi connectivity index (χ4v) is 5.16. The average Bonchev–Trinajstić information content (AvgIpc) is 2.83. The summed E-state index contributed by atoms with van der Waals surface area (Å²) in [5.74, 6) is -0.177. The fourth-order valence-electron chi connectivity index (χ4n) is 3.74. The van der Waals surface area contributed by atoms with Crippen molar-refractivity contribution in [2.45, 2.75) is 44.0 Å². The minimum Gasteiger partial charge on any atom is -0.290 e. The smallest absolute Gasteiger partial charge is 0.269 e. The van der Waals surface area contributed by atoms with Crippen molar-refractivity contribution >= 4 is 27.6 Å². The third-order valence-electron chi connectivity index (χ3n) is 5.82. The number of carbonyl (C=O) groups excluding carboxylic acids is 1. The molecule has 0 spiro atoms. The van der Waals surface area contributed by atoms with Crippen molar-refractivity contribution in [1.82, 2.24) is 14.3 Å². The van der Waals surface area contributed by atoms with Crippen molar-refractivity contribution in [3.05, 3.63) is 87.2 Å². The molecular formula is C24H25N5O5S. The predicted octanol–water partition coefficient (Wildman–Crippen LogP) is 3.68. The molecule has 2 aromatic carbocycles. The Morgan fingerprint density at radius 2 is 1.74 bits per heavy atom. The van der Waals surface area contributed by atoms with Crippen LogP contribution in [0.25, 0.3) is 0 Å². The van der Waals surface area contributed by atoms with Crippen molar-refractivity contribution in [3.63, 3.8) is 0 Å². The van der Waals surface area contributed by atoms with Crippen LogP contribution in [0, 0.1) is 10.1 Å². The van der Waals surface area contributed by atoms with E-state index in [1.807, 2.05) is 12.1 Å². The zero-order chi connectivity index (χ0) is 25.4. The first-order valence-corrected chi connectivity index (χ1v) is 12.4. The Bertz CT molecular complexity index is 1380. The van der Waals surface area contributed by atoms with Gasteiger partial charge in [-0.1, -0.05) is 32.9 Å². The zero-order valence-corrected chi connectivity index (χ0v) is 20.4. The third-order valence-corrected chi connectivity index (χ3v) is 7.68. The standard InChI is InChI=1S/C24H25N5O5S/c1-24(2,3)18-6-4-16(5-7-18)22(30)27-23-25-14-17-15-28(13-12-21(17)26-23)35(33,34)20-10-8-19(9-11-20)29(31)32/h4-11,14H,12-13,15H2,1-3H3,(H,25,26,27,30). The van der Waals surface area contributed by atoms with E-state index < -0.39 is 14.9 Å². The van der Waals surface area contributed by atoms with E-state index in [0.29, 0.717) is 23.2 Å². The molecule has 0 bridgehead atoms. The summed E-state index contributed by atoms with van der Waals surface area (Å²) in [6.45, 7) is 6.55. The number of rotatable bonds is 5. The highest BCUT2D eigenvalue weighted by atomic mass is 32.2. The number of aromatic nitrogens is 2. The van der Waals surface area contributed by atoms with Gasteiger partial charge in [0, 0.05) is 49.0 Å². The van der Waals surface area contributed by atoms with Crippen LogP contribution in [-0.4, -0.2) is 40.1 Å². The number of nitrogens with zero attached hydrogens (tertiary/aromatic N) is 4. The first kappa shape index (κ1) is 24.4. The first-order chi connectivity index (χ1) is 16.4. The van der Waals surface area contributed by atoms with Crippen LogP contribution in [0.5, 0.6) is 0 Å². The molecule has 0 unspecified atom stereocenters. The molecule has 0 fully saturated rings. The monoisotopic (exact) mass is 495 g/mol. The van der Waals surface area contributed by atoms with Gasteiger partial charge in [0.15, 0.2) is 0 Å². The average molecular weight is 496 g/mol. The minimum absolute atomic E-state index is 0.0174. The van der Waals surface area contributed by atoms with Gasteiger partial charge in [0.05, 0.1) is 15.5 Å². The molecular weight excluding hydrogens is 470 g/mol. The summed E-state index contributed by atoms with van der Waals surface area (Å²) in [6, 6.07) is 12.1. The van der Waals surface area contributed by atoms with Gasteiger partial charge in [-0.3, -0.25) is 20.2 Å². The fraction of sp³-hybridized carbons (Fsp3) is 0.292. The van der Waals surface area contributed by atoms with Gasteiger partial charge in [-0.2, -0.15) is 4.31 Å². The maximum absolute atomic E-state index is 13.0. The molecule has 2 heterocycles. The lowest BCUT2D eigenvalue weighted by Crippen LogP contribution is -2.36. The lowest BCUT2D eigenvalue weighted by molar-refractivity contribution is -0.384. The Labute approximate surface area is 203 Å². The Hall–Kier alpha value is -3.70. The molecule has 182 valence electrons. The van der Waals surface area contributed by atoms with E-state index in [0.717, 1.165) is 5.56 Å². The summed E-state index contributed by atoms with van der Waals surface area (Å²) in [5, 5.41) is 13.5. The van der Waals surface area contributed by atoms with E-state index in [-0.39, 0.29) is 40.9 Å². The van der Waals surface area contributed by atoms with Crippen LogP contribution >= 0.6 is 0 Å². The number of fused-ring (bicyclic) bond motifs is 1. The quantitative estimate of drug-likeness (QED) is 0.421. The number of nitro benzene ring substituents is 1. The Kier molecular flexibility index (Phi) is 6.39. The topological polar surface area (TPSA) is 135 Å². The van der Waals surface area contributed by atoms with E-state index in [9.17, 15) is 23.3 Å². The highest BCUT2D eigenvalue weighted by molar-refractivity contribution is 7.89. The van der Waals surface area contributed by atoms with Gasteiger partial charge in [-0.05, 0) is 35.2 Å². The molecule has 1 aliphatic heterocycles. The second kappa shape index (κ2) is 9.16. The van der Waals surface area contributed by atoms with Crippen LogP contribution in [0.15, 0.2) is 59.6 Å². The number of non-ortho nitro benzene ring substituents is 1. The summed E-state index contributed by atoms with van der Waals surface area (Å²) < 4.78 is 27.3. The van der Waals surface area contributed by atoms with Gasteiger partial charge in [-0.25, -0.2) is 18.4 Å². The van der Waals surface area contributed by atoms with E-state index in [1.165, 1.54) is 34.8 Å². The number of hydrogen-bond acceptors (Lipinski definition) is 7. The molecule has 0 saturated heterocycles. The Morgan fingerprint density at radius 3 is 2.34 bits per heavy atom. The van der Waals surface area contributed by atoms with E-state index >= 15 is 0 Å². The summed E-state index contributed by atoms with van der Waals surface area (Å²) in [5.41, 5.74) is 2.70. The van der Waals surface area contributed by atoms with Crippen LogP contribution in [-0.2, 0) is 28.4 Å².